The molecule has 0 radical (unpaired) electrons. The van der Waals surface area contributed by atoms with E-state index in [2.05, 4.69) is 71.5 Å². The number of rotatable bonds is 10. The molecule has 2 fully saturated rings. The number of aromatic nitrogens is 2. The molecule has 6 bridgehead atoms. The van der Waals surface area contributed by atoms with E-state index in [-0.39, 0.29) is 49.7 Å². The smallest absolute Gasteiger partial charge is 0.324 e. The second-order valence-corrected chi connectivity index (χ2v) is 18.5. The number of carbonyl (C=O) groups excluding carboxylic acids is 5. The van der Waals surface area contributed by atoms with Crippen molar-refractivity contribution in [3.05, 3.63) is 71.5 Å². The van der Waals surface area contributed by atoms with Gasteiger partial charge >= 0.3 is 5.97 Å². The molecule has 15 heteroatoms. The highest BCUT2D eigenvalue weighted by Gasteiger charge is 2.39. The molecule has 7 rings (SSSR count). The Hall–Kier alpha value is -5.80. The number of benzene rings is 2. The number of cyclic esters (lactones) is 1. The molecule has 5 heterocycles. The van der Waals surface area contributed by atoms with Crippen molar-refractivity contribution in [3.63, 3.8) is 0 Å². The van der Waals surface area contributed by atoms with Crippen LogP contribution in [0.1, 0.15) is 71.1 Å². The first-order valence-electron chi connectivity index (χ1n) is 22.2. The highest BCUT2D eigenvalue weighted by molar-refractivity contribution is 5.96. The van der Waals surface area contributed by atoms with Gasteiger partial charge in [-0.05, 0) is 96.7 Å². The number of esters is 1. The molecule has 2 saturated heterocycles. The molecular weight excluding hydrogens is 801 g/mol. The van der Waals surface area contributed by atoms with Gasteiger partial charge in [-0.3, -0.25) is 34.0 Å². The molecule has 4 amide bonds. The Morgan fingerprint density at radius 2 is 1.83 bits per heavy atom. The Labute approximate surface area is 369 Å². The Balaban J connectivity index is 1.30. The molecule has 0 spiro atoms. The van der Waals surface area contributed by atoms with Gasteiger partial charge in [-0.15, -0.1) is 0 Å². The maximum atomic E-state index is 14.6. The molecule has 3 aliphatic heterocycles. The van der Waals surface area contributed by atoms with Crippen LogP contribution in [0.25, 0.3) is 33.3 Å². The Morgan fingerprint density at radius 3 is 2.52 bits per heavy atom. The van der Waals surface area contributed by atoms with Gasteiger partial charge < -0.3 is 34.8 Å². The van der Waals surface area contributed by atoms with E-state index < -0.39 is 47.2 Å². The summed E-state index contributed by atoms with van der Waals surface area (Å²) >= 11 is 0. The summed E-state index contributed by atoms with van der Waals surface area (Å²) in [6, 6.07) is 10.3. The fraction of sp³-hybridized carbons (Fsp3) is 0.500. The fourth-order valence-electron chi connectivity index (χ4n) is 9.19. The minimum absolute atomic E-state index is 0.00462. The van der Waals surface area contributed by atoms with Crippen LogP contribution in [0.3, 0.4) is 0 Å². The van der Waals surface area contributed by atoms with Crippen molar-refractivity contribution in [2.45, 2.75) is 104 Å². The maximum absolute atomic E-state index is 14.6. The molecule has 0 saturated carbocycles. The zero-order chi connectivity index (χ0) is 45.3. The van der Waals surface area contributed by atoms with Gasteiger partial charge in [0.2, 0.25) is 17.7 Å². The van der Waals surface area contributed by atoms with Crippen molar-refractivity contribution in [2.75, 3.05) is 40.3 Å². The number of carbonyl (C=O) groups is 5. The Kier molecular flexibility index (Phi) is 13.3. The lowest BCUT2D eigenvalue weighted by Gasteiger charge is -2.37. The third-order valence-electron chi connectivity index (χ3n) is 12.6. The standard InChI is InChI=1S/C48H62N8O7/c1-9-30-15-16-49-24-36(30)43-35-23-48(5,6)27-63-47(62)37-12-11-17-56(52-37)46(61)38(51-44(59)42(28(3)4)54(8)41(58)26-53(7)45(60)39-25-50-39)20-29-18-32(21-33(57)19-29)31-13-14-40(34(35)22-31)55(43)10-2/h13-16,18-19,21-22,24,28,37-39,42,50,52,57H,9-12,17,20,23,25-27H2,1-8H3,(H,51,59)/t37-,38-,39+,42-/m0/s1. The van der Waals surface area contributed by atoms with E-state index in [4.69, 9.17) is 4.74 Å². The average molecular weight is 863 g/mol. The largest absolute Gasteiger partial charge is 0.508 e. The van der Waals surface area contributed by atoms with E-state index in [0.29, 0.717) is 37.9 Å². The fourth-order valence-corrected chi connectivity index (χ4v) is 9.19. The third-order valence-corrected chi connectivity index (χ3v) is 12.6. The minimum Gasteiger partial charge on any atom is -0.508 e. The van der Waals surface area contributed by atoms with E-state index >= 15 is 0 Å². The molecule has 2 aromatic carbocycles. The number of phenols is 1. The number of fused-ring (bicyclic) bond motifs is 6. The zero-order valence-electron chi connectivity index (χ0n) is 37.8. The molecule has 3 aliphatic rings. The maximum Gasteiger partial charge on any atom is 0.324 e. The minimum atomic E-state index is -1.16. The Bertz CT molecular complexity index is 2400. The molecule has 0 unspecified atom stereocenters. The van der Waals surface area contributed by atoms with Crippen molar-refractivity contribution in [1.29, 1.82) is 0 Å². The molecule has 4 aromatic rings. The van der Waals surface area contributed by atoms with Gasteiger partial charge in [0.05, 0.1) is 24.9 Å². The van der Waals surface area contributed by atoms with Crippen molar-refractivity contribution < 1.29 is 33.8 Å². The molecule has 15 nitrogen and oxygen atoms in total. The first kappa shape index (κ1) is 45.2. The van der Waals surface area contributed by atoms with Crippen LogP contribution in [0.5, 0.6) is 5.75 Å². The van der Waals surface area contributed by atoms with Crippen LogP contribution in [0.2, 0.25) is 0 Å². The number of amides is 4. The van der Waals surface area contributed by atoms with Crippen LogP contribution >= 0.6 is 0 Å². The molecule has 2 aromatic heterocycles. The lowest BCUT2D eigenvalue weighted by molar-refractivity contribution is -0.155. The molecule has 0 aliphatic carbocycles. The number of aromatic hydroxyl groups is 1. The van der Waals surface area contributed by atoms with Gasteiger partial charge in [-0.25, -0.2) is 5.43 Å². The van der Waals surface area contributed by atoms with Gasteiger partial charge in [0.15, 0.2) is 0 Å². The van der Waals surface area contributed by atoms with E-state index in [1.54, 1.807) is 19.2 Å². The second-order valence-electron chi connectivity index (χ2n) is 18.5. The van der Waals surface area contributed by atoms with Crippen molar-refractivity contribution in [3.8, 4) is 28.1 Å². The summed E-state index contributed by atoms with van der Waals surface area (Å²) < 4.78 is 8.40. The van der Waals surface area contributed by atoms with Gasteiger partial charge in [0.1, 0.15) is 23.9 Å². The van der Waals surface area contributed by atoms with Gasteiger partial charge in [-0.1, -0.05) is 46.8 Å². The summed E-state index contributed by atoms with van der Waals surface area (Å²) in [4.78, 5) is 76.2. The number of aryl methyl sites for hydroxylation is 2. The van der Waals surface area contributed by atoms with Gasteiger partial charge in [0, 0.05) is 74.4 Å². The number of ether oxygens (including phenoxy) is 1. The predicted octanol–water partition coefficient (Wildman–Crippen LogP) is 4.22. The molecule has 4 N–H and O–H groups in total. The zero-order valence-corrected chi connectivity index (χ0v) is 37.8. The SMILES string of the molecule is CCc1ccncc1-c1c2c3cc(ccc3n1CC)-c1cc(O)cc(c1)C[C@H](NC(=O)[C@H](C(C)C)N(C)C(=O)CN(C)C(=O)[C@H]1CN1)C(=O)N1CCC[C@H](N1)C(=O)OCC(C)(C)C2. The number of hydrogen-bond acceptors (Lipinski definition) is 10. The Morgan fingerprint density at radius 1 is 1.06 bits per heavy atom. The van der Waals surface area contributed by atoms with Crippen LogP contribution in [0.4, 0.5) is 0 Å². The normalized spacial score (nSPS) is 20.5. The molecule has 336 valence electrons. The number of hydrogen-bond donors (Lipinski definition) is 4. The predicted molar refractivity (Wildman–Crippen MR) is 240 cm³/mol. The van der Waals surface area contributed by atoms with Gasteiger partial charge in [-0.2, -0.15) is 0 Å². The number of phenolic OH excluding ortho intramolecular Hbond substituents is 1. The van der Waals surface area contributed by atoms with E-state index in [1.165, 1.54) is 27.4 Å². The quantitative estimate of drug-likeness (QED) is 0.133. The number of hydrazine groups is 1. The second kappa shape index (κ2) is 18.5. The summed E-state index contributed by atoms with van der Waals surface area (Å²) in [6.07, 6.45) is 6.11. The first-order chi connectivity index (χ1) is 30.0. The highest BCUT2D eigenvalue weighted by atomic mass is 16.5. The average Bonchev–Trinajstić information content (AvgIpc) is 4.07. The molecule has 63 heavy (non-hydrogen) atoms. The summed E-state index contributed by atoms with van der Waals surface area (Å²) in [6.45, 7) is 13.5. The summed E-state index contributed by atoms with van der Waals surface area (Å²) in [5, 5.41) is 19.6. The lowest BCUT2D eigenvalue weighted by atomic mass is 9.84. The third kappa shape index (κ3) is 9.74. The summed E-state index contributed by atoms with van der Waals surface area (Å²) in [7, 11) is 3.08. The van der Waals surface area contributed by atoms with Crippen LogP contribution in [-0.4, -0.2) is 124 Å². The van der Waals surface area contributed by atoms with E-state index in [1.807, 2.05) is 38.4 Å². The summed E-state index contributed by atoms with van der Waals surface area (Å²) in [5.74, 6) is -2.50. The number of nitrogens with one attached hydrogen (secondary N) is 3. The molecule has 4 atom stereocenters. The monoisotopic (exact) mass is 862 g/mol. The van der Waals surface area contributed by atoms with Gasteiger partial charge in [0.25, 0.3) is 5.91 Å². The van der Waals surface area contributed by atoms with E-state index in [9.17, 15) is 29.1 Å². The topological polar surface area (TPSA) is 188 Å². The van der Waals surface area contributed by atoms with Crippen molar-refractivity contribution >= 4 is 40.5 Å². The molecular formula is C48H62N8O7. The van der Waals surface area contributed by atoms with Crippen molar-refractivity contribution in [2.24, 2.45) is 11.3 Å². The van der Waals surface area contributed by atoms with Crippen LogP contribution in [0, 0.1) is 11.3 Å². The first-order valence-corrected chi connectivity index (χ1v) is 22.2. The van der Waals surface area contributed by atoms with Crippen molar-refractivity contribution in [1.82, 2.24) is 40.4 Å². The van der Waals surface area contributed by atoms with Crippen LogP contribution in [0.15, 0.2) is 54.9 Å². The number of nitrogens with zero attached hydrogens (tertiary/aromatic N) is 5. The summed E-state index contributed by atoms with van der Waals surface area (Å²) in [5.41, 5.74) is 10.2. The van der Waals surface area contributed by atoms with E-state index in [0.717, 1.165) is 45.3 Å². The van der Waals surface area contributed by atoms with Crippen LogP contribution < -0.4 is 16.1 Å². The van der Waals surface area contributed by atoms with Crippen LogP contribution in [-0.2, 0) is 54.5 Å². The lowest BCUT2D eigenvalue weighted by Crippen LogP contribution is -2.62. The number of pyridine rings is 1. The highest BCUT2D eigenvalue weighted by Crippen LogP contribution is 2.41. The number of likely N-dealkylation sites (N-methyl/N-ethyl adjacent to an activating group) is 2.